The van der Waals surface area contributed by atoms with Gasteiger partial charge in [-0.1, -0.05) is 12.1 Å². The summed E-state index contributed by atoms with van der Waals surface area (Å²) >= 11 is 0. The van der Waals surface area contributed by atoms with E-state index in [1.165, 1.54) is 5.56 Å². The van der Waals surface area contributed by atoms with Gasteiger partial charge in [0.1, 0.15) is 5.75 Å². The summed E-state index contributed by atoms with van der Waals surface area (Å²) in [7, 11) is 3.55. The minimum atomic E-state index is -0.00887. The van der Waals surface area contributed by atoms with Crippen molar-refractivity contribution in [3.8, 4) is 5.75 Å². The van der Waals surface area contributed by atoms with Crippen LogP contribution in [0, 0.1) is 0 Å². The first-order valence-corrected chi connectivity index (χ1v) is 5.78. The molecule has 0 aromatic heterocycles. The van der Waals surface area contributed by atoms with Crippen molar-refractivity contribution in [1.82, 2.24) is 10.6 Å². The predicted molar refractivity (Wildman–Crippen MR) is 68.1 cm³/mol. The second-order valence-electron chi connectivity index (χ2n) is 3.85. The van der Waals surface area contributed by atoms with Crippen LogP contribution in [0.25, 0.3) is 0 Å². The van der Waals surface area contributed by atoms with Crippen LogP contribution < -0.4 is 15.4 Å². The number of nitrogens with one attached hydrogen (secondary N) is 2. The zero-order valence-electron chi connectivity index (χ0n) is 10.6. The van der Waals surface area contributed by atoms with Crippen LogP contribution in [0.4, 0.5) is 0 Å². The van der Waals surface area contributed by atoms with E-state index in [0.29, 0.717) is 19.1 Å². The number of carbonyl (C=O) groups excluding carboxylic acids is 1. The third-order valence-electron chi connectivity index (χ3n) is 2.69. The van der Waals surface area contributed by atoms with Crippen molar-refractivity contribution in [2.45, 2.75) is 19.4 Å². The number of carbonyl (C=O) groups is 1. The second kappa shape index (κ2) is 6.91. The third-order valence-corrected chi connectivity index (χ3v) is 2.69. The van der Waals surface area contributed by atoms with Gasteiger partial charge in [-0.15, -0.1) is 0 Å². The molecule has 0 fully saturated rings. The Balaban J connectivity index is 2.43. The van der Waals surface area contributed by atoms with Crippen molar-refractivity contribution in [2.75, 3.05) is 20.7 Å². The van der Waals surface area contributed by atoms with Gasteiger partial charge in [0.15, 0.2) is 0 Å². The summed E-state index contributed by atoms with van der Waals surface area (Å²) in [5, 5.41) is 5.73. The van der Waals surface area contributed by atoms with Crippen LogP contribution >= 0.6 is 0 Å². The van der Waals surface area contributed by atoms with Crippen LogP contribution in [0.1, 0.15) is 24.9 Å². The summed E-state index contributed by atoms with van der Waals surface area (Å²) in [6.45, 7) is 2.50. The summed E-state index contributed by atoms with van der Waals surface area (Å²) in [5.41, 5.74) is 1.21. The maximum atomic E-state index is 11.0. The van der Waals surface area contributed by atoms with Gasteiger partial charge in [-0.3, -0.25) is 4.79 Å². The van der Waals surface area contributed by atoms with E-state index in [1.807, 2.05) is 31.3 Å². The van der Waals surface area contributed by atoms with Gasteiger partial charge in [-0.05, 0) is 31.7 Å². The minimum absolute atomic E-state index is 0.00887. The van der Waals surface area contributed by atoms with Crippen molar-refractivity contribution in [1.29, 1.82) is 0 Å². The highest BCUT2D eigenvalue weighted by Crippen LogP contribution is 2.17. The number of hydrogen-bond donors (Lipinski definition) is 2. The Bertz CT molecular complexity index is 349. The third kappa shape index (κ3) is 4.44. The quantitative estimate of drug-likeness (QED) is 0.786. The van der Waals surface area contributed by atoms with E-state index in [9.17, 15) is 4.79 Å². The van der Waals surface area contributed by atoms with E-state index in [-0.39, 0.29) is 5.91 Å². The number of benzene rings is 1. The van der Waals surface area contributed by atoms with E-state index in [1.54, 1.807) is 7.05 Å². The second-order valence-corrected chi connectivity index (χ2v) is 3.85. The Morgan fingerprint density at radius 2 is 1.94 bits per heavy atom. The lowest BCUT2D eigenvalue weighted by atomic mass is 10.1. The zero-order valence-corrected chi connectivity index (χ0v) is 10.6. The number of ether oxygens (including phenoxy) is 1. The summed E-state index contributed by atoms with van der Waals surface area (Å²) < 4.78 is 5.47. The molecule has 1 amide bonds. The first kappa shape index (κ1) is 13.5. The normalized spacial score (nSPS) is 11.9. The Morgan fingerprint density at radius 1 is 1.29 bits per heavy atom. The number of hydrogen-bond acceptors (Lipinski definition) is 3. The van der Waals surface area contributed by atoms with Crippen molar-refractivity contribution in [3.05, 3.63) is 29.8 Å². The first-order chi connectivity index (χ1) is 8.17. The molecule has 1 unspecified atom stereocenters. The van der Waals surface area contributed by atoms with Gasteiger partial charge < -0.3 is 15.4 Å². The molecular formula is C13H20N2O2. The highest BCUT2D eigenvalue weighted by atomic mass is 16.5. The van der Waals surface area contributed by atoms with Gasteiger partial charge in [-0.25, -0.2) is 0 Å². The van der Waals surface area contributed by atoms with E-state index in [0.717, 1.165) is 5.75 Å². The van der Waals surface area contributed by atoms with E-state index in [2.05, 4.69) is 17.6 Å². The van der Waals surface area contributed by atoms with Crippen molar-refractivity contribution >= 4 is 5.91 Å². The SMILES string of the molecule is CNC(=O)CCOc1ccc(C(C)NC)cc1. The van der Waals surface area contributed by atoms with Gasteiger partial charge in [0.2, 0.25) is 5.91 Å². The number of amides is 1. The minimum Gasteiger partial charge on any atom is -0.493 e. The Labute approximate surface area is 102 Å². The molecule has 0 aliphatic heterocycles. The Kier molecular flexibility index (Phi) is 5.49. The monoisotopic (exact) mass is 236 g/mol. The highest BCUT2D eigenvalue weighted by Gasteiger charge is 2.03. The molecule has 0 radical (unpaired) electrons. The first-order valence-electron chi connectivity index (χ1n) is 5.78. The zero-order chi connectivity index (χ0) is 12.7. The maximum absolute atomic E-state index is 11.0. The van der Waals surface area contributed by atoms with Crippen LogP contribution in [0.5, 0.6) is 5.75 Å². The molecule has 2 N–H and O–H groups in total. The molecule has 94 valence electrons. The molecule has 1 atom stereocenters. The van der Waals surface area contributed by atoms with E-state index < -0.39 is 0 Å². The summed E-state index contributed by atoms with van der Waals surface area (Å²) in [6, 6.07) is 8.22. The van der Waals surface area contributed by atoms with E-state index in [4.69, 9.17) is 4.74 Å². The molecular weight excluding hydrogens is 216 g/mol. The highest BCUT2D eigenvalue weighted by molar-refractivity contribution is 5.75. The van der Waals surface area contributed by atoms with Crippen LogP contribution in [0.3, 0.4) is 0 Å². The molecule has 0 spiro atoms. The molecule has 1 aromatic rings. The van der Waals surface area contributed by atoms with Crippen molar-refractivity contribution < 1.29 is 9.53 Å². The summed E-state index contributed by atoms with van der Waals surface area (Å²) in [4.78, 5) is 11.0. The van der Waals surface area contributed by atoms with Gasteiger partial charge >= 0.3 is 0 Å². The lowest BCUT2D eigenvalue weighted by Gasteiger charge is -2.11. The average molecular weight is 236 g/mol. The van der Waals surface area contributed by atoms with Crippen molar-refractivity contribution in [2.24, 2.45) is 0 Å². The standard InChI is InChI=1S/C13H20N2O2/c1-10(14-2)11-4-6-12(7-5-11)17-9-8-13(16)15-3/h4-7,10,14H,8-9H2,1-3H3,(H,15,16). The molecule has 1 rings (SSSR count). The van der Waals surface area contributed by atoms with Crippen molar-refractivity contribution in [3.63, 3.8) is 0 Å². The molecule has 17 heavy (non-hydrogen) atoms. The summed E-state index contributed by atoms with van der Waals surface area (Å²) in [6.07, 6.45) is 0.380. The maximum Gasteiger partial charge on any atom is 0.223 e. The van der Waals surface area contributed by atoms with Crippen LogP contribution in [0.2, 0.25) is 0 Å². The molecule has 4 heteroatoms. The molecule has 4 nitrogen and oxygen atoms in total. The van der Waals surface area contributed by atoms with Crippen LogP contribution in [0.15, 0.2) is 24.3 Å². The van der Waals surface area contributed by atoms with Gasteiger partial charge in [0.25, 0.3) is 0 Å². The topological polar surface area (TPSA) is 50.4 Å². The Morgan fingerprint density at radius 3 is 2.47 bits per heavy atom. The van der Waals surface area contributed by atoms with Crippen LogP contribution in [-0.2, 0) is 4.79 Å². The van der Waals surface area contributed by atoms with Crippen LogP contribution in [-0.4, -0.2) is 26.6 Å². The molecule has 0 saturated heterocycles. The fraction of sp³-hybridized carbons (Fsp3) is 0.462. The largest absolute Gasteiger partial charge is 0.493 e. The molecule has 0 aliphatic carbocycles. The average Bonchev–Trinajstić information content (AvgIpc) is 2.38. The molecule has 0 bridgehead atoms. The molecule has 0 heterocycles. The van der Waals surface area contributed by atoms with Gasteiger partial charge in [0, 0.05) is 13.1 Å². The lowest BCUT2D eigenvalue weighted by Crippen LogP contribution is -2.20. The van der Waals surface area contributed by atoms with E-state index >= 15 is 0 Å². The predicted octanol–water partition coefficient (Wildman–Crippen LogP) is 1.48. The molecule has 0 aliphatic rings. The molecule has 0 saturated carbocycles. The molecule has 1 aromatic carbocycles. The van der Waals surface area contributed by atoms with Gasteiger partial charge in [0.05, 0.1) is 13.0 Å². The smallest absolute Gasteiger partial charge is 0.223 e. The fourth-order valence-corrected chi connectivity index (χ4v) is 1.41. The van der Waals surface area contributed by atoms with Gasteiger partial charge in [-0.2, -0.15) is 0 Å². The lowest BCUT2D eigenvalue weighted by molar-refractivity contribution is -0.121. The summed E-state index contributed by atoms with van der Waals surface area (Å²) in [5.74, 6) is 0.784. The Hall–Kier alpha value is -1.55. The number of rotatable bonds is 6. The fourth-order valence-electron chi connectivity index (χ4n) is 1.41.